The lowest BCUT2D eigenvalue weighted by Crippen LogP contribution is -2.23. The lowest BCUT2D eigenvalue weighted by Gasteiger charge is -2.22. The third-order valence-corrected chi connectivity index (χ3v) is 5.49. The molecule has 0 aliphatic carbocycles. The van der Waals surface area contributed by atoms with Gasteiger partial charge >= 0.3 is 0 Å². The topological polar surface area (TPSA) is 32.3 Å². The Morgan fingerprint density at radius 1 is 0.606 bits per heavy atom. The Morgan fingerprint density at radius 2 is 1.12 bits per heavy atom. The van der Waals surface area contributed by atoms with Crippen LogP contribution in [-0.2, 0) is 19.6 Å². The van der Waals surface area contributed by atoms with Gasteiger partial charge in [0.2, 0.25) is 0 Å². The second kappa shape index (κ2) is 11.2. The summed E-state index contributed by atoms with van der Waals surface area (Å²) < 4.78 is 0. The zero-order valence-corrected chi connectivity index (χ0v) is 19.3. The van der Waals surface area contributed by atoms with Crippen LogP contribution in [0.1, 0.15) is 28.1 Å². The fourth-order valence-corrected chi connectivity index (χ4v) is 3.68. The summed E-state index contributed by atoms with van der Waals surface area (Å²) in [7, 11) is 4.11. The van der Waals surface area contributed by atoms with Gasteiger partial charge in [-0.05, 0) is 53.1 Å². The van der Waals surface area contributed by atoms with E-state index in [4.69, 9.17) is 0 Å². The van der Waals surface area contributed by atoms with Gasteiger partial charge in [-0.1, -0.05) is 60.7 Å². The average Bonchev–Trinajstić information content (AvgIpc) is 2.85. The molecule has 0 saturated carbocycles. The lowest BCUT2D eigenvalue weighted by molar-refractivity contribution is 0.241. The highest BCUT2D eigenvalue weighted by molar-refractivity contribution is 5.70. The van der Waals surface area contributed by atoms with Crippen molar-refractivity contribution in [2.45, 2.75) is 19.6 Å². The molecule has 0 spiro atoms. The van der Waals surface area contributed by atoms with Crippen molar-refractivity contribution in [3.05, 3.63) is 125 Å². The maximum absolute atomic E-state index is 4.51. The van der Waals surface area contributed by atoms with E-state index in [0.717, 1.165) is 31.0 Å². The van der Waals surface area contributed by atoms with Gasteiger partial charge in [0.1, 0.15) is 0 Å². The van der Waals surface area contributed by atoms with E-state index in [1.165, 1.54) is 22.4 Å². The van der Waals surface area contributed by atoms with Crippen LogP contribution in [0.3, 0.4) is 0 Å². The van der Waals surface area contributed by atoms with Crippen LogP contribution in [0.25, 0.3) is 12.2 Å². The number of aromatic nitrogens is 2. The van der Waals surface area contributed by atoms with E-state index in [-0.39, 0.29) is 0 Å². The molecule has 0 unspecified atom stereocenters. The van der Waals surface area contributed by atoms with E-state index in [9.17, 15) is 0 Å². The molecule has 33 heavy (non-hydrogen) atoms. The summed E-state index contributed by atoms with van der Waals surface area (Å²) in [5, 5.41) is 0. The normalized spacial score (nSPS) is 11.2. The van der Waals surface area contributed by atoms with E-state index in [1.54, 1.807) is 0 Å². The van der Waals surface area contributed by atoms with Crippen LogP contribution in [0.5, 0.6) is 0 Å². The van der Waals surface area contributed by atoms with Gasteiger partial charge in [-0.2, -0.15) is 0 Å². The van der Waals surface area contributed by atoms with Crippen molar-refractivity contribution in [3.8, 4) is 0 Å². The fourth-order valence-electron chi connectivity index (χ4n) is 3.68. The number of hydrogen-bond donors (Lipinski definition) is 0. The summed E-state index contributed by atoms with van der Waals surface area (Å²) in [4.78, 5) is 13.5. The Labute approximate surface area is 196 Å². The highest BCUT2D eigenvalue weighted by atomic mass is 15.1. The first kappa shape index (κ1) is 22.4. The molecule has 0 saturated heterocycles. The first-order valence-electron chi connectivity index (χ1n) is 11.2. The molecule has 2 aromatic heterocycles. The molecule has 166 valence electrons. The number of hydrogen-bond acceptors (Lipinski definition) is 4. The SMILES string of the molecule is CN(C)c1ccc(/C=C/c2ccc(CN(Cc3ccccn3)Cc3ccccn3)cc2)cc1. The number of pyridine rings is 2. The monoisotopic (exact) mass is 434 g/mol. The van der Waals surface area contributed by atoms with Gasteiger partial charge in [-0.3, -0.25) is 14.9 Å². The molecule has 0 bridgehead atoms. The van der Waals surface area contributed by atoms with Gasteiger partial charge in [0.05, 0.1) is 11.4 Å². The molecule has 0 atom stereocenters. The quantitative estimate of drug-likeness (QED) is 0.306. The van der Waals surface area contributed by atoms with Crippen LogP contribution in [0, 0.1) is 0 Å². The largest absolute Gasteiger partial charge is 0.378 e. The Balaban J connectivity index is 1.43. The van der Waals surface area contributed by atoms with Crippen LogP contribution in [0.2, 0.25) is 0 Å². The smallest absolute Gasteiger partial charge is 0.0544 e. The Morgan fingerprint density at radius 3 is 1.58 bits per heavy atom. The van der Waals surface area contributed by atoms with Crippen LogP contribution in [0.4, 0.5) is 5.69 Å². The molecule has 0 fully saturated rings. The molecule has 4 nitrogen and oxygen atoms in total. The van der Waals surface area contributed by atoms with Gasteiger partial charge < -0.3 is 4.90 Å². The number of rotatable bonds is 9. The average molecular weight is 435 g/mol. The first-order valence-corrected chi connectivity index (χ1v) is 11.2. The molecule has 2 aromatic carbocycles. The number of nitrogens with zero attached hydrogens (tertiary/aromatic N) is 4. The van der Waals surface area contributed by atoms with Crippen molar-refractivity contribution in [2.75, 3.05) is 19.0 Å². The Hall–Kier alpha value is -3.76. The van der Waals surface area contributed by atoms with E-state index < -0.39 is 0 Å². The predicted octanol–water partition coefficient (Wildman–Crippen LogP) is 5.92. The van der Waals surface area contributed by atoms with E-state index in [1.807, 2.05) is 36.7 Å². The highest BCUT2D eigenvalue weighted by Crippen LogP contribution is 2.16. The van der Waals surface area contributed by atoms with Crippen LogP contribution in [-0.4, -0.2) is 29.0 Å². The molecule has 0 aliphatic heterocycles. The van der Waals surface area contributed by atoms with Gasteiger partial charge in [0, 0.05) is 51.8 Å². The zero-order valence-electron chi connectivity index (χ0n) is 19.3. The van der Waals surface area contributed by atoms with Crippen molar-refractivity contribution in [1.82, 2.24) is 14.9 Å². The first-order chi connectivity index (χ1) is 16.2. The summed E-state index contributed by atoms with van der Waals surface area (Å²) in [6, 6.07) is 29.5. The van der Waals surface area contributed by atoms with E-state index in [2.05, 4.69) is 107 Å². The Bertz CT molecular complexity index is 1090. The minimum absolute atomic E-state index is 0.780. The van der Waals surface area contributed by atoms with Gasteiger partial charge in [0.15, 0.2) is 0 Å². The fraction of sp³-hybridized carbons (Fsp3) is 0.172. The summed E-state index contributed by atoms with van der Waals surface area (Å²) in [5.41, 5.74) is 6.99. The minimum Gasteiger partial charge on any atom is -0.378 e. The summed E-state index contributed by atoms with van der Waals surface area (Å²) in [6.45, 7) is 2.40. The molecular weight excluding hydrogens is 404 g/mol. The minimum atomic E-state index is 0.780. The molecule has 2 heterocycles. The third kappa shape index (κ3) is 6.86. The zero-order chi connectivity index (χ0) is 22.9. The molecule has 4 rings (SSSR count). The highest BCUT2D eigenvalue weighted by Gasteiger charge is 2.10. The maximum atomic E-state index is 4.51. The summed E-state index contributed by atoms with van der Waals surface area (Å²) >= 11 is 0. The maximum Gasteiger partial charge on any atom is 0.0544 e. The van der Waals surface area contributed by atoms with E-state index in [0.29, 0.717) is 0 Å². The number of anilines is 1. The van der Waals surface area contributed by atoms with Crippen molar-refractivity contribution >= 4 is 17.8 Å². The summed E-state index contributed by atoms with van der Waals surface area (Å²) in [5.74, 6) is 0. The van der Waals surface area contributed by atoms with Crippen molar-refractivity contribution < 1.29 is 0 Å². The van der Waals surface area contributed by atoms with Crippen molar-refractivity contribution in [3.63, 3.8) is 0 Å². The van der Waals surface area contributed by atoms with Gasteiger partial charge in [-0.15, -0.1) is 0 Å². The molecule has 4 heteroatoms. The molecule has 0 N–H and O–H groups in total. The van der Waals surface area contributed by atoms with Gasteiger partial charge in [-0.25, -0.2) is 0 Å². The molecular formula is C29H30N4. The third-order valence-electron chi connectivity index (χ3n) is 5.49. The number of benzene rings is 2. The lowest BCUT2D eigenvalue weighted by atomic mass is 10.1. The Kier molecular flexibility index (Phi) is 7.62. The predicted molar refractivity (Wildman–Crippen MR) is 138 cm³/mol. The van der Waals surface area contributed by atoms with Crippen LogP contribution in [0.15, 0.2) is 97.3 Å². The molecule has 0 aliphatic rings. The van der Waals surface area contributed by atoms with Crippen LogP contribution < -0.4 is 4.90 Å². The van der Waals surface area contributed by atoms with Crippen molar-refractivity contribution in [2.24, 2.45) is 0 Å². The van der Waals surface area contributed by atoms with Crippen molar-refractivity contribution in [1.29, 1.82) is 0 Å². The molecule has 0 radical (unpaired) electrons. The summed E-state index contributed by atoms with van der Waals surface area (Å²) in [6.07, 6.45) is 8.02. The van der Waals surface area contributed by atoms with Crippen LogP contribution >= 0.6 is 0 Å². The van der Waals surface area contributed by atoms with E-state index >= 15 is 0 Å². The molecule has 4 aromatic rings. The molecule has 0 amide bonds. The second-order valence-corrected chi connectivity index (χ2v) is 8.35. The second-order valence-electron chi connectivity index (χ2n) is 8.35. The van der Waals surface area contributed by atoms with Gasteiger partial charge in [0.25, 0.3) is 0 Å². The standard InChI is InChI=1S/C29H30N4/c1-32(2)29-17-15-25(16-18-29)10-9-24-11-13-26(14-12-24)21-33(22-27-7-3-5-19-30-27)23-28-8-4-6-20-31-28/h3-20H,21-23H2,1-2H3/b10-9+.